The second-order valence-electron chi connectivity index (χ2n) is 6.95. The summed E-state index contributed by atoms with van der Waals surface area (Å²) in [5, 5.41) is 1.75. The van der Waals surface area contributed by atoms with Crippen molar-refractivity contribution in [2.24, 2.45) is 0 Å². The Morgan fingerprint density at radius 3 is 1.96 bits per heavy atom. The Bertz CT molecular complexity index is 456. The molecule has 0 bridgehead atoms. The van der Waals surface area contributed by atoms with Gasteiger partial charge in [0.25, 0.3) is 0 Å². The van der Waals surface area contributed by atoms with Gasteiger partial charge < -0.3 is 19.5 Å². The van der Waals surface area contributed by atoms with E-state index in [1.165, 1.54) is 6.92 Å². The van der Waals surface area contributed by atoms with E-state index in [1.54, 1.807) is 41.5 Å². The maximum atomic E-state index is 12.2. The molecule has 0 spiro atoms. The zero-order valence-electron chi connectivity index (χ0n) is 15.1. The maximum Gasteiger partial charge on any atom is 0.408 e. The predicted octanol–water partition coefficient (Wildman–Crippen LogP) is 3.68. The Balaban J connectivity index is 4.86. The summed E-state index contributed by atoms with van der Waals surface area (Å²) in [6.45, 7) is 11.7. The van der Waals surface area contributed by atoms with Gasteiger partial charge in [-0.15, -0.1) is 0 Å². The number of carbonyl (C=O) groups excluding carboxylic acids is 3. The van der Waals surface area contributed by atoms with Gasteiger partial charge in [0.05, 0.1) is 0 Å². The standard InChI is InChI=1S/C15H26ClNO6S/c1-9(16)21-13(20)24-8-10(11(18)22-14(2,3)4)17-12(19)23-15(5,6)7/h9-10H,8H2,1-7H3,(H,17,19)/t9?,10-/m0/s1. The Morgan fingerprint density at radius 1 is 1.04 bits per heavy atom. The molecule has 0 fully saturated rings. The molecule has 0 heterocycles. The molecule has 0 rings (SSSR count). The predicted molar refractivity (Wildman–Crippen MR) is 93.3 cm³/mol. The van der Waals surface area contributed by atoms with Crippen LogP contribution >= 0.6 is 23.4 Å². The molecule has 1 unspecified atom stereocenters. The van der Waals surface area contributed by atoms with Crippen LogP contribution in [0.1, 0.15) is 48.5 Å². The van der Waals surface area contributed by atoms with Crippen molar-refractivity contribution >= 4 is 40.7 Å². The number of ether oxygens (including phenoxy) is 3. The summed E-state index contributed by atoms with van der Waals surface area (Å²) in [5.41, 5.74) is -2.24. The number of alkyl halides is 1. The van der Waals surface area contributed by atoms with E-state index in [2.05, 4.69) is 5.32 Å². The van der Waals surface area contributed by atoms with Crippen molar-refractivity contribution in [2.45, 2.75) is 71.3 Å². The van der Waals surface area contributed by atoms with Crippen molar-refractivity contribution in [1.82, 2.24) is 5.32 Å². The molecule has 0 aliphatic heterocycles. The molecule has 140 valence electrons. The second-order valence-corrected chi connectivity index (χ2v) is 8.52. The summed E-state index contributed by atoms with van der Waals surface area (Å²) in [7, 11) is 0. The molecule has 0 saturated carbocycles. The third-order valence-corrected chi connectivity index (χ3v) is 2.93. The van der Waals surface area contributed by atoms with Gasteiger partial charge in [-0.2, -0.15) is 0 Å². The normalized spacial score (nSPS) is 14.3. The van der Waals surface area contributed by atoms with Crippen LogP contribution < -0.4 is 5.32 Å². The maximum absolute atomic E-state index is 12.2. The van der Waals surface area contributed by atoms with Crippen LogP contribution in [0.2, 0.25) is 0 Å². The fraction of sp³-hybridized carbons (Fsp3) is 0.800. The van der Waals surface area contributed by atoms with Crippen LogP contribution in [0.25, 0.3) is 0 Å². The van der Waals surface area contributed by atoms with E-state index in [9.17, 15) is 14.4 Å². The lowest BCUT2D eigenvalue weighted by Crippen LogP contribution is -2.47. The molecule has 9 heteroatoms. The van der Waals surface area contributed by atoms with Crippen molar-refractivity contribution in [3.8, 4) is 0 Å². The number of rotatable bonds is 5. The van der Waals surface area contributed by atoms with Gasteiger partial charge in [-0.25, -0.2) is 14.4 Å². The molecular formula is C15H26ClNO6S. The molecule has 0 aliphatic rings. The SMILES string of the molecule is CC(Cl)OC(=O)SC[C@H](NC(=O)OC(C)(C)C)C(=O)OC(C)(C)C. The van der Waals surface area contributed by atoms with Crippen LogP contribution in [0.15, 0.2) is 0 Å². The van der Waals surface area contributed by atoms with Gasteiger partial charge in [0.1, 0.15) is 17.2 Å². The van der Waals surface area contributed by atoms with Crippen molar-refractivity contribution < 1.29 is 28.6 Å². The first-order valence-electron chi connectivity index (χ1n) is 7.39. The Hall–Kier alpha value is -1.15. The van der Waals surface area contributed by atoms with E-state index in [1.807, 2.05) is 0 Å². The Morgan fingerprint density at radius 2 is 1.54 bits per heavy atom. The number of esters is 1. The molecule has 0 aromatic rings. The van der Waals surface area contributed by atoms with E-state index in [4.69, 9.17) is 25.8 Å². The molecule has 0 aromatic carbocycles. The minimum Gasteiger partial charge on any atom is -0.458 e. The summed E-state index contributed by atoms with van der Waals surface area (Å²) in [6.07, 6.45) is -0.780. The summed E-state index contributed by atoms with van der Waals surface area (Å²) in [6, 6.07) is -1.07. The smallest absolute Gasteiger partial charge is 0.408 e. The molecule has 24 heavy (non-hydrogen) atoms. The molecule has 0 radical (unpaired) electrons. The molecule has 0 aromatic heterocycles. The fourth-order valence-electron chi connectivity index (χ4n) is 1.31. The van der Waals surface area contributed by atoms with E-state index in [-0.39, 0.29) is 5.75 Å². The van der Waals surface area contributed by atoms with Crippen LogP contribution in [0.4, 0.5) is 9.59 Å². The zero-order valence-corrected chi connectivity index (χ0v) is 16.7. The van der Waals surface area contributed by atoms with Gasteiger partial charge in [-0.1, -0.05) is 11.6 Å². The molecule has 1 N–H and O–H groups in total. The fourth-order valence-corrected chi connectivity index (χ4v) is 2.18. The van der Waals surface area contributed by atoms with Crippen molar-refractivity contribution in [2.75, 3.05) is 5.75 Å². The third-order valence-electron chi connectivity index (χ3n) is 2.01. The Labute approximate surface area is 152 Å². The topological polar surface area (TPSA) is 90.9 Å². The first-order valence-corrected chi connectivity index (χ1v) is 8.81. The van der Waals surface area contributed by atoms with Crippen molar-refractivity contribution in [3.05, 3.63) is 0 Å². The minimum absolute atomic E-state index is 0.0728. The van der Waals surface area contributed by atoms with Crippen LogP contribution in [0.3, 0.4) is 0 Å². The zero-order chi connectivity index (χ0) is 19.1. The highest BCUT2D eigenvalue weighted by Crippen LogP contribution is 2.15. The average Bonchev–Trinajstić information content (AvgIpc) is 2.28. The van der Waals surface area contributed by atoms with Gasteiger partial charge in [-0.05, 0) is 60.2 Å². The highest BCUT2D eigenvalue weighted by Gasteiger charge is 2.29. The Kier molecular flexibility index (Phi) is 8.91. The summed E-state index contributed by atoms with van der Waals surface area (Å²) < 4.78 is 15.1. The number of thioether (sulfide) groups is 1. The summed E-state index contributed by atoms with van der Waals surface area (Å²) in [4.78, 5) is 35.6. The minimum atomic E-state index is -1.07. The van der Waals surface area contributed by atoms with E-state index < -0.39 is 40.2 Å². The molecule has 7 nitrogen and oxygen atoms in total. The molecule has 0 saturated heterocycles. The highest BCUT2D eigenvalue weighted by molar-refractivity contribution is 8.13. The lowest BCUT2D eigenvalue weighted by molar-refractivity contribution is -0.156. The number of hydrogen-bond donors (Lipinski definition) is 1. The van der Waals surface area contributed by atoms with E-state index >= 15 is 0 Å². The van der Waals surface area contributed by atoms with Gasteiger partial charge >= 0.3 is 17.4 Å². The second kappa shape index (κ2) is 9.36. The molecular weight excluding hydrogens is 358 g/mol. The van der Waals surface area contributed by atoms with E-state index in [0.717, 1.165) is 0 Å². The quantitative estimate of drug-likeness (QED) is 0.440. The number of amides is 1. The van der Waals surface area contributed by atoms with Crippen LogP contribution in [0, 0.1) is 0 Å². The van der Waals surface area contributed by atoms with Gasteiger partial charge in [0.15, 0.2) is 5.56 Å². The largest absolute Gasteiger partial charge is 0.458 e. The van der Waals surface area contributed by atoms with Crippen molar-refractivity contribution in [1.29, 1.82) is 0 Å². The van der Waals surface area contributed by atoms with Crippen LogP contribution in [-0.2, 0) is 19.0 Å². The molecule has 0 aliphatic carbocycles. The first kappa shape index (κ1) is 22.9. The number of carbonyl (C=O) groups is 3. The molecule has 1 amide bonds. The van der Waals surface area contributed by atoms with Gasteiger partial charge in [0, 0.05) is 5.75 Å². The first-order chi connectivity index (χ1) is 10.7. The van der Waals surface area contributed by atoms with Gasteiger partial charge in [0.2, 0.25) is 0 Å². The number of nitrogens with one attached hydrogen (secondary N) is 1. The van der Waals surface area contributed by atoms with E-state index in [0.29, 0.717) is 11.8 Å². The number of hydrogen-bond acceptors (Lipinski definition) is 7. The average molecular weight is 384 g/mol. The van der Waals surface area contributed by atoms with Crippen LogP contribution in [0.5, 0.6) is 0 Å². The van der Waals surface area contributed by atoms with Crippen molar-refractivity contribution in [3.63, 3.8) is 0 Å². The van der Waals surface area contributed by atoms with Gasteiger partial charge in [-0.3, -0.25) is 0 Å². The molecule has 2 atom stereocenters. The summed E-state index contributed by atoms with van der Waals surface area (Å²) in [5.74, 6) is -0.746. The lowest BCUT2D eigenvalue weighted by Gasteiger charge is -2.26. The summed E-state index contributed by atoms with van der Waals surface area (Å²) >= 11 is 6.27. The number of halogens is 1. The highest BCUT2D eigenvalue weighted by atomic mass is 35.5. The van der Waals surface area contributed by atoms with Crippen LogP contribution in [-0.4, -0.2) is 45.9 Å². The third kappa shape index (κ3) is 12.3. The monoisotopic (exact) mass is 383 g/mol. The number of alkyl carbamates (subject to hydrolysis) is 1. The lowest BCUT2D eigenvalue weighted by atomic mass is 10.2.